The van der Waals surface area contributed by atoms with Gasteiger partial charge in [-0.25, -0.2) is 19.2 Å². The third-order valence-electron chi connectivity index (χ3n) is 5.60. The smallest absolute Gasteiger partial charge is 0.439 e. The zero-order valence-electron chi connectivity index (χ0n) is 19.3. The third-order valence-corrected chi connectivity index (χ3v) is 7.86. The van der Waals surface area contributed by atoms with Crippen LogP contribution in [0.15, 0.2) is 39.9 Å². The predicted molar refractivity (Wildman–Crippen MR) is 136 cm³/mol. The van der Waals surface area contributed by atoms with Crippen LogP contribution in [0.5, 0.6) is 5.75 Å². The number of anilines is 1. The Hall–Kier alpha value is -3.57. The molecule has 11 heteroatoms. The van der Waals surface area contributed by atoms with Crippen molar-refractivity contribution >= 4 is 38.6 Å². The number of ether oxygens (including phenoxy) is 1. The first-order chi connectivity index (χ1) is 16.9. The maximum Gasteiger partial charge on any atom is 0.439 e. The molecule has 0 radical (unpaired) electrons. The van der Waals surface area contributed by atoms with Crippen LogP contribution in [0.25, 0.3) is 31.4 Å². The van der Waals surface area contributed by atoms with Crippen molar-refractivity contribution in [3.63, 3.8) is 0 Å². The number of thiophene rings is 2. The lowest BCUT2D eigenvalue weighted by Gasteiger charge is -2.08. The number of halogens is 1. The molecule has 0 saturated heterocycles. The van der Waals surface area contributed by atoms with Crippen molar-refractivity contribution in [2.24, 2.45) is 0 Å². The molecule has 2 N–H and O–H groups in total. The number of nitrogens with one attached hydrogen (secondary N) is 2. The Labute approximate surface area is 207 Å². The molecule has 0 aliphatic heterocycles. The number of benzene rings is 1. The fourth-order valence-electron chi connectivity index (χ4n) is 3.99. The number of aromatic amines is 1. The van der Waals surface area contributed by atoms with Gasteiger partial charge in [-0.15, -0.1) is 22.7 Å². The second-order valence-corrected chi connectivity index (χ2v) is 10.1. The van der Waals surface area contributed by atoms with Crippen LogP contribution >= 0.6 is 22.7 Å². The first-order valence-corrected chi connectivity index (χ1v) is 12.6. The van der Waals surface area contributed by atoms with E-state index in [4.69, 9.17) is 4.74 Å². The van der Waals surface area contributed by atoms with Gasteiger partial charge in [-0.1, -0.05) is 5.16 Å². The zero-order chi connectivity index (χ0) is 24.5. The Morgan fingerprint density at radius 1 is 1.20 bits per heavy atom. The highest BCUT2D eigenvalue weighted by atomic mass is 32.1. The molecular weight excluding hydrogens is 489 g/mol. The minimum atomic E-state index is -0.627. The third kappa shape index (κ3) is 4.56. The van der Waals surface area contributed by atoms with Gasteiger partial charge in [0, 0.05) is 33.6 Å². The van der Waals surface area contributed by atoms with Crippen molar-refractivity contribution in [2.75, 3.05) is 18.5 Å². The largest absolute Gasteiger partial charge is 0.492 e. The number of nitrogens with zero attached hydrogens (tertiary/aromatic N) is 3. The number of H-pyrrole nitrogens is 1. The zero-order valence-corrected chi connectivity index (χ0v) is 20.9. The van der Waals surface area contributed by atoms with Crippen molar-refractivity contribution in [2.45, 2.75) is 27.2 Å². The molecule has 0 saturated carbocycles. The van der Waals surface area contributed by atoms with E-state index in [1.165, 1.54) is 28.6 Å². The van der Waals surface area contributed by atoms with E-state index >= 15 is 0 Å². The SMILES string of the molecule is CCOc1cc(-c2cc(NCCc3c(C)sc4ccc(F)c(C)c34)ncn2)sc1-c1noc(=O)[nH]1. The Kier molecular flexibility index (Phi) is 6.35. The Morgan fingerprint density at radius 2 is 2.06 bits per heavy atom. The van der Waals surface area contributed by atoms with Gasteiger partial charge in [-0.3, -0.25) is 9.51 Å². The van der Waals surface area contributed by atoms with Crippen LogP contribution in [-0.4, -0.2) is 33.3 Å². The number of hydrogen-bond acceptors (Lipinski definition) is 9. The summed E-state index contributed by atoms with van der Waals surface area (Å²) in [6.07, 6.45) is 2.24. The Balaban J connectivity index is 1.36. The van der Waals surface area contributed by atoms with E-state index in [1.54, 1.807) is 11.3 Å². The minimum Gasteiger partial charge on any atom is -0.492 e. The van der Waals surface area contributed by atoms with E-state index in [0.29, 0.717) is 46.7 Å². The number of aryl methyl sites for hydroxylation is 2. The molecule has 180 valence electrons. The normalized spacial score (nSPS) is 11.3. The summed E-state index contributed by atoms with van der Waals surface area (Å²) in [6.45, 7) is 6.89. The lowest BCUT2D eigenvalue weighted by Crippen LogP contribution is -2.07. The van der Waals surface area contributed by atoms with Gasteiger partial charge in [0.25, 0.3) is 0 Å². The molecule has 0 bridgehead atoms. The second kappa shape index (κ2) is 9.59. The summed E-state index contributed by atoms with van der Waals surface area (Å²) in [7, 11) is 0. The van der Waals surface area contributed by atoms with Gasteiger partial charge in [0.1, 0.15) is 28.6 Å². The topological polar surface area (TPSA) is 106 Å². The van der Waals surface area contributed by atoms with Gasteiger partial charge < -0.3 is 10.1 Å². The van der Waals surface area contributed by atoms with E-state index in [0.717, 1.165) is 26.9 Å². The molecule has 8 nitrogen and oxygen atoms in total. The van der Waals surface area contributed by atoms with Crippen LogP contribution in [0.3, 0.4) is 0 Å². The summed E-state index contributed by atoms with van der Waals surface area (Å²) in [4.78, 5) is 25.4. The molecule has 0 fully saturated rings. The molecule has 5 aromatic rings. The maximum absolute atomic E-state index is 14.2. The Bertz CT molecular complexity index is 1570. The molecule has 0 unspecified atom stereocenters. The van der Waals surface area contributed by atoms with Gasteiger partial charge >= 0.3 is 5.76 Å². The highest BCUT2D eigenvalue weighted by Gasteiger charge is 2.18. The highest BCUT2D eigenvalue weighted by molar-refractivity contribution is 7.19. The first kappa shape index (κ1) is 23.2. The summed E-state index contributed by atoms with van der Waals surface area (Å²) < 4.78 is 25.6. The highest BCUT2D eigenvalue weighted by Crippen LogP contribution is 2.41. The standard InChI is InChI=1S/C24H22FN5O3S2/c1-4-32-17-10-19(35-22(17)23-29-24(31)33-30-23)16-9-20(28-11-27-16)26-8-7-14-13(3)34-18-6-5-15(25)12(2)21(14)18/h5-6,9-11H,4,7-8H2,1-3H3,(H,26,27,28)(H,29,30,31). The van der Waals surface area contributed by atoms with E-state index in [1.807, 2.05) is 32.0 Å². The van der Waals surface area contributed by atoms with E-state index in [2.05, 4.69) is 36.9 Å². The Morgan fingerprint density at radius 3 is 2.83 bits per heavy atom. The molecule has 0 amide bonds. The van der Waals surface area contributed by atoms with Crippen LogP contribution in [-0.2, 0) is 6.42 Å². The van der Waals surface area contributed by atoms with Crippen molar-refractivity contribution in [1.29, 1.82) is 0 Å². The van der Waals surface area contributed by atoms with Crippen LogP contribution in [0, 0.1) is 19.7 Å². The summed E-state index contributed by atoms with van der Waals surface area (Å²) in [5, 5.41) is 8.15. The van der Waals surface area contributed by atoms with Crippen molar-refractivity contribution in [3.05, 3.63) is 63.0 Å². The fourth-order valence-corrected chi connectivity index (χ4v) is 6.16. The predicted octanol–water partition coefficient (Wildman–Crippen LogP) is 5.57. The summed E-state index contributed by atoms with van der Waals surface area (Å²) >= 11 is 3.08. The summed E-state index contributed by atoms with van der Waals surface area (Å²) in [5.74, 6) is 0.775. The molecule has 4 heterocycles. The minimum absolute atomic E-state index is 0.179. The number of rotatable bonds is 8. The number of fused-ring (bicyclic) bond motifs is 1. The maximum atomic E-state index is 14.2. The van der Waals surface area contributed by atoms with Crippen LogP contribution in [0.2, 0.25) is 0 Å². The average molecular weight is 512 g/mol. The van der Waals surface area contributed by atoms with Gasteiger partial charge in [0.05, 0.1) is 17.2 Å². The van der Waals surface area contributed by atoms with E-state index in [-0.39, 0.29) is 5.82 Å². The number of hydrogen-bond donors (Lipinski definition) is 2. The monoisotopic (exact) mass is 511 g/mol. The fraction of sp³-hybridized carbons (Fsp3) is 0.250. The van der Waals surface area contributed by atoms with E-state index in [9.17, 15) is 9.18 Å². The summed E-state index contributed by atoms with van der Waals surface area (Å²) in [6, 6.07) is 7.11. The van der Waals surface area contributed by atoms with Gasteiger partial charge in [-0.05, 0) is 50.5 Å². The van der Waals surface area contributed by atoms with Gasteiger partial charge in [-0.2, -0.15) is 0 Å². The second-order valence-electron chi connectivity index (χ2n) is 7.83. The van der Waals surface area contributed by atoms with Crippen LogP contribution < -0.4 is 15.8 Å². The molecule has 0 atom stereocenters. The van der Waals surface area contributed by atoms with Crippen molar-refractivity contribution in [1.82, 2.24) is 20.1 Å². The molecule has 4 aromatic heterocycles. The molecule has 5 rings (SSSR count). The van der Waals surface area contributed by atoms with E-state index < -0.39 is 5.76 Å². The summed E-state index contributed by atoms with van der Waals surface area (Å²) in [5.41, 5.74) is 2.56. The van der Waals surface area contributed by atoms with Gasteiger partial charge in [0.15, 0.2) is 5.82 Å². The van der Waals surface area contributed by atoms with Gasteiger partial charge in [0.2, 0.25) is 0 Å². The molecule has 0 spiro atoms. The lowest BCUT2D eigenvalue weighted by molar-refractivity contribution is 0.342. The molecule has 1 aromatic carbocycles. The van der Waals surface area contributed by atoms with Crippen LogP contribution in [0.1, 0.15) is 22.9 Å². The van der Waals surface area contributed by atoms with Crippen LogP contribution in [0.4, 0.5) is 10.2 Å². The van der Waals surface area contributed by atoms with Crippen molar-refractivity contribution in [3.8, 4) is 27.0 Å². The molecule has 0 aliphatic carbocycles. The van der Waals surface area contributed by atoms with Crippen molar-refractivity contribution < 1.29 is 13.7 Å². The first-order valence-electron chi connectivity index (χ1n) is 11.0. The lowest BCUT2D eigenvalue weighted by atomic mass is 10.0. The molecule has 35 heavy (non-hydrogen) atoms. The number of aromatic nitrogens is 4. The quantitative estimate of drug-likeness (QED) is 0.280. The average Bonchev–Trinajstić information content (AvgIpc) is 3.54. The molecular formula is C24H22FN5O3S2. The molecule has 0 aliphatic rings.